The van der Waals surface area contributed by atoms with E-state index < -0.39 is 168 Å². The number of fused-ring (bicyclic) bond motifs is 2. The summed E-state index contributed by atoms with van der Waals surface area (Å²) in [4.78, 5) is 90.0. The van der Waals surface area contributed by atoms with E-state index in [1.54, 1.807) is 0 Å². The smallest absolute Gasteiger partial charge is 0.341 e. The molecule has 26 nitrogen and oxygen atoms in total. The van der Waals surface area contributed by atoms with Crippen molar-refractivity contribution in [2.45, 2.75) is 132 Å². The Balaban J connectivity index is 0.993. The molecule has 0 saturated heterocycles. The van der Waals surface area contributed by atoms with Crippen LogP contribution in [0.5, 0.6) is 34.5 Å². The van der Waals surface area contributed by atoms with E-state index in [0.717, 1.165) is 59.1 Å². The van der Waals surface area contributed by atoms with E-state index in [4.69, 9.17) is 77.2 Å². The van der Waals surface area contributed by atoms with Crippen molar-refractivity contribution in [3.8, 4) is 56.8 Å². The molecule has 778 valence electrons. The van der Waals surface area contributed by atoms with Gasteiger partial charge in [-0.2, -0.15) is 30.0 Å². The summed E-state index contributed by atoms with van der Waals surface area (Å²) in [7, 11) is 0. The molecule has 0 bridgehead atoms. The standard InChI is InChI=1S/C118H116F6N8O18/c1-7-13-59-139-111(133)93-65-87(47-53-99(93)119)145-73-117(74-146-88-48-54-100(120)94(66-88)112(134)140-60-14-8-2,75-147-89-49-55-101(121)95(67-89)113(135)141-61-15-9-3)71-129-125-107-105(79-39-43-85(44-40-79)131(81-31-23-19-24-32-81)82-33-25-20-26-34-82)109-110(106(108(107)126-129)80-41-45-86(46-42-80)132(83-35-27-21-28-36-83)84-37-29-22-30-38-84)128-130(127-109)72-118(76-148-90-50-56-102(122)96(68-90)114(136)142-62-16-10-4,77-149-91-51-57-103(123)97(69-91)115(137)143-63-17-11-5)78-150-92-52-58-104(124)98(70-92)116(138)144-64-18-12-6/h19-58,65-70H,7-18,59-64,71-78H2,1-6H3. The van der Waals surface area contributed by atoms with Gasteiger partial charge in [-0.3, -0.25) is 0 Å². The summed E-state index contributed by atoms with van der Waals surface area (Å²) in [5.41, 5.74) is 0.331. The van der Waals surface area contributed by atoms with Crippen LogP contribution >= 0.6 is 0 Å². The van der Waals surface area contributed by atoms with Crippen LogP contribution in [0.25, 0.3) is 44.3 Å². The molecule has 13 aromatic carbocycles. The molecule has 0 saturated carbocycles. The van der Waals surface area contributed by atoms with Gasteiger partial charge in [0.05, 0.1) is 85.0 Å². The molecule has 0 radical (unpaired) electrons. The number of anilines is 6. The first-order chi connectivity index (χ1) is 73.0. The predicted octanol–water partition coefficient (Wildman–Crippen LogP) is 25.5. The number of benzene rings is 13. The quantitative estimate of drug-likeness (QED) is 0.0113. The van der Waals surface area contributed by atoms with Crippen LogP contribution in [0.4, 0.5) is 60.5 Å². The Morgan fingerprint density at radius 3 is 0.780 bits per heavy atom. The summed E-state index contributed by atoms with van der Waals surface area (Å²) in [6, 6.07) is 75.0. The number of esters is 6. The number of halogens is 6. The number of carbonyl (C=O) groups excluding carboxylic acids is 6. The zero-order valence-electron chi connectivity index (χ0n) is 84.1. The Morgan fingerprint density at radius 1 is 0.293 bits per heavy atom. The normalized spacial score (nSPS) is 11.4. The van der Waals surface area contributed by atoms with Crippen LogP contribution in [0.3, 0.4) is 0 Å². The van der Waals surface area contributed by atoms with E-state index in [2.05, 4.69) is 9.80 Å². The number of hydrogen-bond donors (Lipinski definition) is 0. The number of para-hydroxylation sites is 4. The van der Waals surface area contributed by atoms with Crippen molar-refractivity contribution in [1.29, 1.82) is 0 Å². The van der Waals surface area contributed by atoms with Crippen LogP contribution < -0.4 is 48.1 Å². The largest absolute Gasteiger partial charge is 0.493 e. The second-order valence-electron chi connectivity index (χ2n) is 36.2. The molecule has 15 rings (SSSR count). The fraction of sp³-hybridized carbons (Fsp3) is 0.288. The summed E-state index contributed by atoms with van der Waals surface area (Å²) in [5.74, 6) is -11.8. The van der Waals surface area contributed by atoms with E-state index in [1.165, 1.54) is 82.4 Å². The van der Waals surface area contributed by atoms with E-state index in [1.807, 2.05) is 211 Å². The van der Waals surface area contributed by atoms with E-state index in [9.17, 15) is 28.8 Å². The maximum absolute atomic E-state index is 16.2. The molecule has 2 heterocycles. The van der Waals surface area contributed by atoms with Gasteiger partial charge in [-0.25, -0.2) is 55.1 Å². The van der Waals surface area contributed by atoms with Crippen molar-refractivity contribution in [3.63, 3.8) is 0 Å². The SMILES string of the molecule is CCCCOC(=O)c1cc(OCC(COc2ccc(F)c(C(=O)OCCCC)c2)(COc2ccc(F)c(C(=O)OCCCC)c2)Cn2nc3c(-c4ccc(N(c5ccccc5)c5ccccc5)cc4)c4n[n+](CC(COc5ccc(F)c(C(=O)OCCCC)c5)(COc5ccc(F)c(C(=O)OCCCC)c5)COc5ccc(F)c(C(=O)OCCCC)c5)[n-]c4c(-c4ccc(N(c5ccccc5)c5ccccc5)cc4)c3n2)ccc1F. The fourth-order valence-electron chi connectivity index (χ4n) is 16.4. The van der Waals surface area contributed by atoms with Crippen LogP contribution in [0.15, 0.2) is 279 Å². The first kappa shape index (κ1) is 108. The van der Waals surface area contributed by atoms with Crippen LogP contribution in [0, 0.1) is 45.7 Å². The lowest BCUT2D eigenvalue weighted by Crippen LogP contribution is -2.55. The topological polar surface area (TPSA) is 281 Å². The van der Waals surface area contributed by atoms with Crippen LogP contribution in [-0.2, 0) is 41.5 Å². The molecule has 0 atom stereocenters. The third-order valence-corrected chi connectivity index (χ3v) is 24.7. The van der Waals surface area contributed by atoms with Gasteiger partial charge in [0.25, 0.3) is 0 Å². The third kappa shape index (κ3) is 27.5. The number of ether oxygens (including phenoxy) is 12. The zero-order chi connectivity index (χ0) is 105. The van der Waals surface area contributed by atoms with Gasteiger partial charge in [0.2, 0.25) is 0 Å². The Hall–Kier alpha value is -16.5. The molecule has 2 aromatic heterocycles. The maximum atomic E-state index is 16.2. The number of unbranched alkanes of at least 4 members (excludes halogenated alkanes) is 6. The van der Waals surface area contributed by atoms with Crippen molar-refractivity contribution >= 4 is 92.0 Å². The zero-order valence-corrected chi connectivity index (χ0v) is 84.1. The summed E-state index contributed by atoms with van der Waals surface area (Å²) in [6.45, 7) is 7.06. The second-order valence-corrected chi connectivity index (χ2v) is 36.2. The summed E-state index contributed by atoms with van der Waals surface area (Å²) < 4.78 is 171. The molecule has 0 unspecified atom stereocenters. The molecule has 0 N–H and O–H groups in total. The highest BCUT2D eigenvalue weighted by atomic mass is 19.1. The lowest BCUT2D eigenvalue weighted by atomic mass is 9.90. The maximum Gasteiger partial charge on any atom is 0.341 e. The number of hydrogen-bond acceptors (Lipinski definition) is 23. The van der Waals surface area contributed by atoms with Crippen LogP contribution in [0.1, 0.15) is 181 Å². The Kier molecular flexibility index (Phi) is 37.5. The minimum atomic E-state index is -1.78. The average Bonchev–Trinajstić information content (AvgIpc) is 1.56. The van der Waals surface area contributed by atoms with Gasteiger partial charge in [0.15, 0.2) is 6.54 Å². The number of aromatic nitrogens is 6. The Labute approximate surface area is 865 Å². The molecular formula is C118H116F6N8O18. The first-order valence-electron chi connectivity index (χ1n) is 50.2. The minimum absolute atomic E-state index is 0.0213. The minimum Gasteiger partial charge on any atom is -0.493 e. The molecule has 32 heteroatoms. The van der Waals surface area contributed by atoms with Crippen molar-refractivity contribution in [2.24, 2.45) is 10.8 Å². The molecule has 0 spiro atoms. The number of carbonyl (C=O) groups is 6. The molecule has 0 fully saturated rings. The van der Waals surface area contributed by atoms with Gasteiger partial charge in [-0.15, -0.1) is 0 Å². The average molecular weight is 2050 g/mol. The highest BCUT2D eigenvalue weighted by Crippen LogP contribution is 2.46. The third-order valence-electron chi connectivity index (χ3n) is 24.7. The summed E-state index contributed by atoms with van der Waals surface area (Å²) in [5, 5.41) is 22.4. The lowest BCUT2D eigenvalue weighted by molar-refractivity contribution is -0.814. The molecule has 0 aliphatic rings. The predicted molar refractivity (Wildman–Crippen MR) is 554 cm³/mol. The monoisotopic (exact) mass is 2050 g/mol. The number of rotatable bonds is 54. The van der Waals surface area contributed by atoms with Crippen molar-refractivity contribution in [1.82, 2.24) is 25.2 Å². The first-order valence-corrected chi connectivity index (χ1v) is 50.2. The highest BCUT2D eigenvalue weighted by molar-refractivity contribution is 6.16. The fourth-order valence-corrected chi connectivity index (χ4v) is 16.4. The van der Waals surface area contributed by atoms with E-state index in [-0.39, 0.29) is 107 Å². The lowest BCUT2D eigenvalue weighted by Gasteiger charge is -2.33. The molecule has 0 amide bonds. The van der Waals surface area contributed by atoms with Crippen LogP contribution in [-0.4, -0.2) is 135 Å². The van der Waals surface area contributed by atoms with Gasteiger partial charge < -0.3 is 66.6 Å². The number of nitrogens with zero attached hydrogens (tertiary/aromatic N) is 8. The highest BCUT2D eigenvalue weighted by Gasteiger charge is 2.42. The van der Waals surface area contributed by atoms with Crippen molar-refractivity contribution in [3.05, 3.63) is 347 Å². The molecule has 150 heavy (non-hydrogen) atoms. The molecule has 0 aliphatic carbocycles. The van der Waals surface area contributed by atoms with Gasteiger partial charge in [0.1, 0.15) is 125 Å². The van der Waals surface area contributed by atoms with E-state index >= 15 is 26.3 Å². The summed E-state index contributed by atoms with van der Waals surface area (Å²) >= 11 is 0. The van der Waals surface area contributed by atoms with Crippen molar-refractivity contribution in [2.75, 3.05) is 89.1 Å². The molecule has 15 aromatic rings. The van der Waals surface area contributed by atoms with E-state index in [0.29, 0.717) is 99.6 Å². The Bertz CT molecular complexity index is 6220. The Morgan fingerprint density at radius 2 is 0.527 bits per heavy atom. The summed E-state index contributed by atoms with van der Waals surface area (Å²) in [6.07, 6.45) is 6.81. The molecule has 0 aliphatic heterocycles. The van der Waals surface area contributed by atoms with Crippen LogP contribution in [0.2, 0.25) is 0 Å². The van der Waals surface area contributed by atoms with Gasteiger partial charge in [-0.05, 0) is 232 Å². The second kappa shape index (κ2) is 52.2. The van der Waals surface area contributed by atoms with Gasteiger partial charge >= 0.3 is 35.8 Å². The van der Waals surface area contributed by atoms with Gasteiger partial charge in [-0.1, -0.05) is 177 Å². The molecular weight excluding hydrogens is 1930 g/mol. The van der Waals surface area contributed by atoms with Crippen molar-refractivity contribution < 1.29 is 117 Å². The van der Waals surface area contributed by atoms with Gasteiger partial charge in [0, 0.05) is 56.3 Å².